The van der Waals surface area contributed by atoms with E-state index in [9.17, 15) is 4.79 Å². The van der Waals surface area contributed by atoms with Crippen LogP contribution < -0.4 is 5.32 Å². The molecule has 12 heavy (non-hydrogen) atoms. The molecule has 0 bridgehead atoms. The third-order valence-corrected chi connectivity index (χ3v) is 2.76. The number of hydrogen-bond acceptors (Lipinski definition) is 3. The molecule has 1 unspecified atom stereocenters. The molecule has 1 atom stereocenters. The number of cyclic esters (lactones) is 1. The van der Waals surface area contributed by atoms with Crippen molar-refractivity contribution in [2.24, 2.45) is 0 Å². The van der Waals surface area contributed by atoms with Crippen LogP contribution in [0.5, 0.6) is 0 Å². The van der Waals surface area contributed by atoms with E-state index in [1.54, 1.807) is 0 Å². The number of rotatable bonds is 1. The second-order valence-electron chi connectivity index (χ2n) is 3.69. The SMILES string of the molecule is CC1(N2CCOC2=O)CCNC1. The van der Waals surface area contributed by atoms with Crippen molar-refractivity contribution >= 4 is 6.09 Å². The van der Waals surface area contributed by atoms with Gasteiger partial charge in [0.05, 0.1) is 12.1 Å². The van der Waals surface area contributed by atoms with Gasteiger partial charge in [-0.2, -0.15) is 0 Å². The second kappa shape index (κ2) is 2.62. The molecule has 0 aromatic heterocycles. The number of nitrogens with zero attached hydrogens (tertiary/aromatic N) is 1. The minimum atomic E-state index is -0.152. The number of hydrogen-bond donors (Lipinski definition) is 1. The van der Waals surface area contributed by atoms with Crippen molar-refractivity contribution in [3.05, 3.63) is 0 Å². The van der Waals surface area contributed by atoms with Crippen LogP contribution in [-0.4, -0.2) is 42.8 Å². The van der Waals surface area contributed by atoms with Crippen LogP contribution in [0.15, 0.2) is 0 Å². The highest BCUT2D eigenvalue weighted by atomic mass is 16.6. The van der Waals surface area contributed by atoms with Crippen molar-refractivity contribution < 1.29 is 9.53 Å². The topological polar surface area (TPSA) is 41.6 Å². The van der Waals surface area contributed by atoms with Crippen LogP contribution in [0.25, 0.3) is 0 Å². The molecule has 0 saturated carbocycles. The van der Waals surface area contributed by atoms with Gasteiger partial charge in [-0.15, -0.1) is 0 Å². The summed E-state index contributed by atoms with van der Waals surface area (Å²) in [6, 6.07) is 0. The maximum atomic E-state index is 11.2. The molecule has 1 amide bonds. The van der Waals surface area contributed by atoms with Gasteiger partial charge in [0.15, 0.2) is 0 Å². The van der Waals surface area contributed by atoms with E-state index in [-0.39, 0.29) is 11.6 Å². The first-order valence-electron chi connectivity index (χ1n) is 4.37. The van der Waals surface area contributed by atoms with Gasteiger partial charge in [-0.3, -0.25) is 4.90 Å². The van der Waals surface area contributed by atoms with Crippen molar-refractivity contribution in [2.45, 2.75) is 18.9 Å². The maximum Gasteiger partial charge on any atom is 0.410 e. The molecule has 0 aromatic carbocycles. The Bertz CT molecular complexity index is 199. The standard InChI is InChI=1S/C8H14N2O2/c1-8(2-3-9-6-8)10-4-5-12-7(10)11/h9H,2-6H2,1H3. The van der Waals surface area contributed by atoms with Crippen LogP contribution in [0, 0.1) is 0 Å². The van der Waals surface area contributed by atoms with E-state index in [1.165, 1.54) is 0 Å². The average Bonchev–Trinajstić information content (AvgIpc) is 2.59. The van der Waals surface area contributed by atoms with E-state index in [4.69, 9.17) is 4.74 Å². The summed E-state index contributed by atoms with van der Waals surface area (Å²) in [6.07, 6.45) is 0.878. The fourth-order valence-electron chi connectivity index (χ4n) is 1.92. The highest BCUT2D eigenvalue weighted by molar-refractivity contribution is 5.70. The Morgan fingerprint density at radius 2 is 2.50 bits per heavy atom. The lowest BCUT2D eigenvalue weighted by atomic mass is 10.00. The fourth-order valence-corrected chi connectivity index (χ4v) is 1.92. The van der Waals surface area contributed by atoms with E-state index in [1.807, 2.05) is 4.90 Å². The minimum absolute atomic E-state index is 0.00637. The Labute approximate surface area is 71.9 Å². The highest BCUT2D eigenvalue weighted by Gasteiger charge is 2.41. The third-order valence-electron chi connectivity index (χ3n) is 2.76. The van der Waals surface area contributed by atoms with Gasteiger partial charge >= 0.3 is 6.09 Å². The molecule has 4 heteroatoms. The molecule has 68 valence electrons. The zero-order valence-electron chi connectivity index (χ0n) is 7.30. The molecule has 0 spiro atoms. The van der Waals surface area contributed by atoms with E-state index < -0.39 is 0 Å². The van der Waals surface area contributed by atoms with Crippen LogP contribution in [-0.2, 0) is 4.74 Å². The van der Waals surface area contributed by atoms with Gasteiger partial charge < -0.3 is 10.1 Å². The molecular weight excluding hydrogens is 156 g/mol. The van der Waals surface area contributed by atoms with Crippen molar-refractivity contribution in [3.8, 4) is 0 Å². The van der Waals surface area contributed by atoms with Crippen LogP contribution >= 0.6 is 0 Å². The zero-order chi connectivity index (χ0) is 8.60. The third kappa shape index (κ3) is 1.06. The van der Waals surface area contributed by atoms with Crippen molar-refractivity contribution in [2.75, 3.05) is 26.2 Å². The van der Waals surface area contributed by atoms with Gasteiger partial charge in [0, 0.05) is 6.54 Å². The molecule has 2 saturated heterocycles. The summed E-state index contributed by atoms with van der Waals surface area (Å²) in [5, 5.41) is 3.26. The van der Waals surface area contributed by atoms with Crippen molar-refractivity contribution in [3.63, 3.8) is 0 Å². The van der Waals surface area contributed by atoms with Crippen molar-refractivity contribution in [1.82, 2.24) is 10.2 Å². The molecule has 0 aromatic rings. The maximum absolute atomic E-state index is 11.2. The van der Waals surface area contributed by atoms with Gasteiger partial charge in [-0.25, -0.2) is 4.79 Å². The number of amides is 1. The van der Waals surface area contributed by atoms with E-state index in [0.717, 1.165) is 26.1 Å². The molecule has 1 N–H and O–H groups in total. The molecule has 2 aliphatic rings. The number of carbonyl (C=O) groups is 1. The lowest BCUT2D eigenvalue weighted by molar-refractivity contribution is 0.126. The normalized spacial score (nSPS) is 35.8. The first-order chi connectivity index (χ1) is 5.72. The summed E-state index contributed by atoms with van der Waals surface area (Å²) < 4.78 is 4.90. The molecule has 2 rings (SSSR count). The Kier molecular flexibility index (Phi) is 1.72. The van der Waals surface area contributed by atoms with E-state index in [2.05, 4.69) is 12.2 Å². The summed E-state index contributed by atoms with van der Waals surface area (Å²) in [4.78, 5) is 13.1. The Morgan fingerprint density at radius 3 is 3.00 bits per heavy atom. The van der Waals surface area contributed by atoms with Crippen LogP contribution in [0.4, 0.5) is 4.79 Å². The van der Waals surface area contributed by atoms with Crippen LogP contribution in [0.2, 0.25) is 0 Å². The Hall–Kier alpha value is -0.770. The van der Waals surface area contributed by atoms with Gasteiger partial charge in [-0.05, 0) is 19.9 Å². The second-order valence-corrected chi connectivity index (χ2v) is 3.69. The average molecular weight is 170 g/mol. The minimum Gasteiger partial charge on any atom is -0.448 e. The molecule has 2 aliphatic heterocycles. The van der Waals surface area contributed by atoms with Gasteiger partial charge in [0.1, 0.15) is 6.61 Å². The Balaban J connectivity index is 2.11. The number of carbonyl (C=O) groups excluding carboxylic acids is 1. The summed E-state index contributed by atoms with van der Waals surface area (Å²) in [5.41, 5.74) is -0.00637. The van der Waals surface area contributed by atoms with Crippen LogP contribution in [0.1, 0.15) is 13.3 Å². The molecule has 2 fully saturated rings. The lowest BCUT2D eigenvalue weighted by Gasteiger charge is -2.32. The smallest absolute Gasteiger partial charge is 0.410 e. The monoisotopic (exact) mass is 170 g/mol. The molecule has 2 heterocycles. The number of nitrogens with one attached hydrogen (secondary N) is 1. The largest absolute Gasteiger partial charge is 0.448 e. The van der Waals surface area contributed by atoms with Gasteiger partial charge in [0.2, 0.25) is 0 Å². The summed E-state index contributed by atoms with van der Waals surface area (Å²) in [6.45, 7) is 5.30. The predicted octanol–water partition coefficient (Wildman–Crippen LogP) is 0.191. The van der Waals surface area contributed by atoms with E-state index in [0.29, 0.717) is 6.61 Å². The van der Waals surface area contributed by atoms with Gasteiger partial charge in [0.25, 0.3) is 0 Å². The molecule has 4 nitrogen and oxygen atoms in total. The summed E-state index contributed by atoms with van der Waals surface area (Å²) in [7, 11) is 0. The quantitative estimate of drug-likeness (QED) is 0.611. The lowest BCUT2D eigenvalue weighted by Crippen LogP contribution is -2.48. The molecular formula is C8H14N2O2. The highest BCUT2D eigenvalue weighted by Crippen LogP contribution is 2.25. The fraction of sp³-hybridized carbons (Fsp3) is 0.875. The molecule has 0 aliphatic carbocycles. The first-order valence-corrected chi connectivity index (χ1v) is 4.37. The predicted molar refractivity (Wildman–Crippen MR) is 43.9 cm³/mol. The number of ether oxygens (including phenoxy) is 1. The summed E-state index contributed by atoms with van der Waals surface area (Å²) in [5.74, 6) is 0. The van der Waals surface area contributed by atoms with E-state index >= 15 is 0 Å². The van der Waals surface area contributed by atoms with Crippen molar-refractivity contribution in [1.29, 1.82) is 0 Å². The Morgan fingerprint density at radius 1 is 1.67 bits per heavy atom. The summed E-state index contributed by atoms with van der Waals surface area (Å²) >= 11 is 0. The first kappa shape index (κ1) is 7.86. The zero-order valence-corrected chi connectivity index (χ0v) is 7.30. The molecule has 0 radical (unpaired) electrons. The van der Waals surface area contributed by atoms with Gasteiger partial charge in [-0.1, -0.05) is 0 Å². The van der Waals surface area contributed by atoms with Crippen LogP contribution in [0.3, 0.4) is 0 Å².